The molecule has 0 spiro atoms. The highest BCUT2D eigenvalue weighted by molar-refractivity contribution is 5.95. The van der Waals surface area contributed by atoms with Crippen molar-refractivity contribution in [1.29, 1.82) is 0 Å². The zero-order valence-corrected chi connectivity index (χ0v) is 23.3. The fourth-order valence-corrected chi connectivity index (χ4v) is 4.48. The summed E-state index contributed by atoms with van der Waals surface area (Å²) in [5.41, 5.74) is 2.91. The van der Waals surface area contributed by atoms with Gasteiger partial charge in [-0.3, -0.25) is 9.59 Å². The number of aliphatic hydroxyl groups is 2. The number of carbonyl (C=O) groups is 2. The average Bonchev–Trinajstić information content (AvgIpc) is 3.30. The number of aromatic nitrogens is 2. The molecule has 0 saturated carbocycles. The number of imidazole rings is 1. The minimum absolute atomic E-state index is 0.0770. The fraction of sp³-hybridized carbons (Fsp3) is 0.433. The number of halogens is 1. The summed E-state index contributed by atoms with van der Waals surface area (Å²) < 4.78 is 15.6. The van der Waals surface area contributed by atoms with Gasteiger partial charge in [-0.2, -0.15) is 0 Å². The van der Waals surface area contributed by atoms with Gasteiger partial charge in [0, 0.05) is 38.3 Å². The molecule has 0 saturated heterocycles. The summed E-state index contributed by atoms with van der Waals surface area (Å²) in [5.74, 6) is -0.441. The van der Waals surface area contributed by atoms with Gasteiger partial charge in [0.15, 0.2) is 0 Å². The zero-order valence-electron chi connectivity index (χ0n) is 23.3. The largest absolute Gasteiger partial charge is 0.393 e. The van der Waals surface area contributed by atoms with Crippen LogP contribution in [0.4, 0.5) is 4.39 Å². The molecular formula is C30H39FN4O4. The Labute approximate surface area is 229 Å². The van der Waals surface area contributed by atoms with Crippen LogP contribution in [0.5, 0.6) is 0 Å². The summed E-state index contributed by atoms with van der Waals surface area (Å²) in [6.07, 6.45) is -0.141. The third-order valence-corrected chi connectivity index (χ3v) is 6.61. The van der Waals surface area contributed by atoms with E-state index in [1.807, 2.05) is 31.4 Å². The van der Waals surface area contributed by atoms with Crippen molar-refractivity contribution in [2.75, 3.05) is 14.1 Å². The van der Waals surface area contributed by atoms with Crippen LogP contribution in [-0.2, 0) is 13.1 Å². The lowest BCUT2D eigenvalue weighted by molar-refractivity contribution is 0.0711. The van der Waals surface area contributed by atoms with E-state index >= 15 is 0 Å². The van der Waals surface area contributed by atoms with Crippen LogP contribution in [0.25, 0.3) is 11.4 Å². The standard InChI is InChI=1S/C30H39FN4O4/c1-6-24(36)17-25(37)14-15-35-27(19(2)3)26(33-28(35)21-10-12-23(31)13-11-21)29(38)32-18-20-8-7-9-22(16-20)30(39)34(4)5/h7-13,16,19,24-25,36-37H,6,14-15,17-18H2,1-5H3,(H,32,38). The number of nitrogens with one attached hydrogen (secondary N) is 1. The van der Waals surface area contributed by atoms with Gasteiger partial charge >= 0.3 is 0 Å². The van der Waals surface area contributed by atoms with Crippen molar-refractivity contribution < 1.29 is 24.2 Å². The summed E-state index contributed by atoms with van der Waals surface area (Å²) in [6.45, 7) is 6.36. The number of benzene rings is 2. The van der Waals surface area contributed by atoms with Crippen molar-refractivity contribution in [1.82, 2.24) is 19.8 Å². The van der Waals surface area contributed by atoms with Crippen molar-refractivity contribution in [2.45, 2.75) is 71.2 Å². The number of carbonyl (C=O) groups excluding carboxylic acids is 2. The third kappa shape index (κ3) is 7.74. The second-order valence-corrected chi connectivity index (χ2v) is 10.3. The second-order valence-electron chi connectivity index (χ2n) is 10.3. The van der Waals surface area contributed by atoms with Crippen LogP contribution in [0.1, 0.15) is 78.1 Å². The van der Waals surface area contributed by atoms with Gasteiger partial charge in [0.1, 0.15) is 17.3 Å². The van der Waals surface area contributed by atoms with Crippen LogP contribution in [0, 0.1) is 5.82 Å². The molecule has 3 rings (SSSR count). The maximum absolute atomic E-state index is 13.7. The molecule has 1 heterocycles. The summed E-state index contributed by atoms with van der Waals surface area (Å²) in [4.78, 5) is 32.0. The smallest absolute Gasteiger partial charge is 0.272 e. The molecule has 0 radical (unpaired) electrons. The van der Waals surface area contributed by atoms with E-state index in [9.17, 15) is 24.2 Å². The van der Waals surface area contributed by atoms with Crippen molar-refractivity contribution in [3.63, 3.8) is 0 Å². The van der Waals surface area contributed by atoms with Crippen molar-refractivity contribution >= 4 is 11.8 Å². The number of hydrogen-bond donors (Lipinski definition) is 3. The summed E-state index contributed by atoms with van der Waals surface area (Å²) in [7, 11) is 3.37. The fourth-order valence-electron chi connectivity index (χ4n) is 4.48. The Kier molecular flexibility index (Phi) is 10.4. The molecule has 3 N–H and O–H groups in total. The van der Waals surface area contributed by atoms with E-state index in [1.54, 1.807) is 44.4 Å². The lowest BCUT2D eigenvalue weighted by Crippen LogP contribution is -2.26. The topological polar surface area (TPSA) is 108 Å². The molecule has 3 aromatic rings. The van der Waals surface area contributed by atoms with E-state index in [4.69, 9.17) is 4.98 Å². The van der Waals surface area contributed by atoms with Crippen LogP contribution < -0.4 is 5.32 Å². The molecule has 0 aliphatic carbocycles. The molecule has 8 nitrogen and oxygen atoms in total. The first kappa shape index (κ1) is 30.0. The van der Waals surface area contributed by atoms with Gasteiger partial charge < -0.3 is 25.0 Å². The van der Waals surface area contributed by atoms with Gasteiger partial charge in [0.25, 0.3) is 11.8 Å². The molecule has 39 heavy (non-hydrogen) atoms. The summed E-state index contributed by atoms with van der Waals surface area (Å²) >= 11 is 0. The molecule has 2 unspecified atom stereocenters. The molecule has 0 fully saturated rings. The molecular weight excluding hydrogens is 499 g/mol. The molecule has 1 aromatic heterocycles. The maximum Gasteiger partial charge on any atom is 0.272 e. The molecule has 2 aromatic carbocycles. The Morgan fingerprint density at radius 3 is 2.38 bits per heavy atom. The van der Waals surface area contributed by atoms with Gasteiger partial charge in [-0.25, -0.2) is 9.37 Å². The normalized spacial score (nSPS) is 12.8. The molecule has 2 amide bonds. The Morgan fingerprint density at radius 1 is 1.08 bits per heavy atom. The quantitative estimate of drug-likeness (QED) is 0.318. The third-order valence-electron chi connectivity index (χ3n) is 6.61. The van der Waals surface area contributed by atoms with E-state index in [0.29, 0.717) is 42.0 Å². The van der Waals surface area contributed by atoms with Crippen LogP contribution in [-0.4, -0.2) is 62.8 Å². The first-order valence-corrected chi connectivity index (χ1v) is 13.3. The molecule has 0 bridgehead atoms. The minimum Gasteiger partial charge on any atom is -0.393 e. The average molecular weight is 539 g/mol. The Morgan fingerprint density at radius 2 is 1.77 bits per heavy atom. The molecule has 9 heteroatoms. The molecule has 0 aliphatic rings. The Bertz CT molecular complexity index is 1270. The first-order chi connectivity index (χ1) is 18.5. The first-order valence-electron chi connectivity index (χ1n) is 13.3. The van der Waals surface area contributed by atoms with Gasteiger partial charge in [-0.05, 0) is 67.1 Å². The number of amides is 2. The highest BCUT2D eigenvalue weighted by atomic mass is 19.1. The lowest BCUT2D eigenvalue weighted by Gasteiger charge is -2.19. The lowest BCUT2D eigenvalue weighted by atomic mass is 10.1. The van der Waals surface area contributed by atoms with E-state index in [2.05, 4.69) is 5.32 Å². The number of aliphatic hydroxyl groups excluding tert-OH is 2. The van der Waals surface area contributed by atoms with E-state index in [-0.39, 0.29) is 42.2 Å². The molecule has 2 atom stereocenters. The SMILES string of the molecule is CCC(O)CC(O)CCn1c(-c2ccc(F)cc2)nc(C(=O)NCc2cccc(C(=O)N(C)C)c2)c1C(C)C. The van der Waals surface area contributed by atoms with E-state index < -0.39 is 12.2 Å². The summed E-state index contributed by atoms with van der Waals surface area (Å²) in [5, 5.41) is 23.4. The number of rotatable bonds is 12. The van der Waals surface area contributed by atoms with E-state index in [1.165, 1.54) is 17.0 Å². The molecule has 210 valence electrons. The highest BCUT2D eigenvalue weighted by Crippen LogP contribution is 2.29. The predicted octanol–water partition coefficient (Wildman–Crippen LogP) is 4.36. The van der Waals surface area contributed by atoms with Crippen molar-refractivity contribution in [3.8, 4) is 11.4 Å². The Balaban J connectivity index is 1.92. The van der Waals surface area contributed by atoms with Crippen LogP contribution >= 0.6 is 0 Å². The van der Waals surface area contributed by atoms with Gasteiger partial charge in [0.05, 0.1) is 17.9 Å². The van der Waals surface area contributed by atoms with Crippen LogP contribution in [0.3, 0.4) is 0 Å². The van der Waals surface area contributed by atoms with E-state index in [0.717, 1.165) is 5.56 Å². The van der Waals surface area contributed by atoms with Gasteiger partial charge in [-0.1, -0.05) is 32.9 Å². The second kappa shape index (κ2) is 13.5. The van der Waals surface area contributed by atoms with Crippen molar-refractivity contribution in [2.24, 2.45) is 0 Å². The summed E-state index contributed by atoms with van der Waals surface area (Å²) in [6, 6.07) is 13.0. The van der Waals surface area contributed by atoms with Crippen LogP contribution in [0.15, 0.2) is 48.5 Å². The zero-order chi connectivity index (χ0) is 28.7. The van der Waals surface area contributed by atoms with Gasteiger partial charge in [-0.15, -0.1) is 0 Å². The number of nitrogens with zero attached hydrogens (tertiary/aromatic N) is 3. The monoisotopic (exact) mass is 538 g/mol. The van der Waals surface area contributed by atoms with Crippen LogP contribution in [0.2, 0.25) is 0 Å². The molecule has 0 aliphatic heterocycles. The van der Waals surface area contributed by atoms with Crippen molar-refractivity contribution in [3.05, 3.63) is 76.9 Å². The maximum atomic E-state index is 13.7. The predicted molar refractivity (Wildman–Crippen MR) is 149 cm³/mol. The minimum atomic E-state index is -0.724. The highest BCUT2D eigenvalue weighted by Gasteiger charge is 2.26. The van der Waals surface area contributed by atoms with Gasteiger partial charge in [0.2, 0.25) is 0 Å². The Hall–Kier alpha value is -3.56. The number of hydrogen-bond acceptors (Lipinski definition) is 5.